The Balaban J connectivity index is 0.000000371. The fraction of sp³-hybridized carbons (Fsp3) is 0.750. The molecule has 0 saturated heterocycles. The van der Waals surface area contributed by atoms with Crippen molar-refractivity contribution in [3.8, 4) is 0 Å². The molecule has 0 atom stereocenters. The highest BCUT2D eigenvalue weighted by molar-refractivity contribution is 4.91. The second kappa shape index (κ2) is 4.20. The summed E-state index contributed by atoms with van der Waals surface area (Å²) in [5, 5.41) is 0. The average Bonchev–Trinajstić information content (AvgIpc) is 2.25. The molecule has 0 fully saturated rings. The Morgan fingerprint density at radius 1 is 1.00 bits per heavy atom. The monoisotopic (exact) mass is 142 g/mol. The molecule has 60 valence electrons. The smallest absolute Gasteiger partial charge is 0.0971 e. The Bertz CT molecular complexity index is 97.8. The van der Waals surface area contributed by atoms with Gasteiger partial charge in [0.2, 0.25) is 0 Å². The molecule has 0 amide bonds. The van der Waals surface area contributed by atoms with Crippen LogP contribution in [0, 0.1) is 0 Å². The zero-order chi connectivity index (χ0) is 8.15. The van der Waals surface area contributed by atoms with E-state index >= 15 is 0 Å². The number of hydrogen-bond donors (Lipinski definition) is 0. The van der Waals surface area contributed by atoms with Crippen molar-refractivity contribution in [1.82, 2.24) is 9.80 Å². The fourth-order valence-electron chi connectivity index (χ4n) is 0.747. The van der Waals surface area contributed by atoms with Crippen LogP contribution in [0.15, 0.2) is 12.4 Å². The molecular weight excluding hydrogens is 124 g/mol. The molecular formula is C8H18N2. The average molecular weight is 142 g/mol. The Morgan fingerprint density at radius 3 is 1.40 bits per heavy atom. The number of nitrogens with zero attached hydrogens (tertiary/aromatic N) is 2. The molecule has 0 aromatic rings. The van der Waals surface area contributed by atoms with Gasteiger partial charge >= 0.3 is 0 Å². The predicted octanol–water partition coefficient (Wildman–Crippen LogP) is 1.71. The van der Waals surface area contributed by atoms with Crippen LogP contribution in [0.4, 0.5) is 0 Å². The summed E-state index contributed by atoms with van der Waals surface area (Å²) >= 11 is 0. The molecule has 0 aliphatic carbocycles. The molecule has 0 radical (unpaired) electrons. The second-order valence-electron chi connectivity index (χ2n) is 2.26. The molecule has 1 heterocycles. The zero-order valence-corrected chi connectivity index (χ0v) is 7.63. The maximum absolute atomic E-state index is 2.17. The quantitative estimate of drug-likeness (QED) is 0.508. The van der Waals surface area contributed by atoms with Crippen molar-refractivity contribution in [1.29, 1.82) is 0 Å². The summed E-state index contributed by atoms with van der Waals surface area (Å²) in [5.41, 5.74) is 0. The van der Waals surface area contributed by atoms with Crippen molar-refractivity contribution < 1.29 is 0 Å². The normalized spacial score (nSPS) is 17.3. The van der Waals surface area contributed by atoms with Crippen molar-refractivity contribution >= 4 is 0 Å². The molecule has 1 rings (SSSR count). The Kier molecular flexibility index (Phi) is 3.93. The van der Waals surface area contributed by atoms with Crippen LogP contribution in [0.5, 0.6) is 0 Å². The van der Waals surface area contributed by atoms with E-state index in [9.17, 15) is 0 Å². The first-order valence-corrected chi connectivity index (χ1v) is 3.84. The van der Waals surface area contributed by atoms with Crippen LogP contribution in [0.1, 0.15) is 20.8 Å². The van der Waals surface area contributed by atoms with E-state index in [0.717, 1.165) is 0 Å². The molecule has 0 spiro atoms. The highest BCUT2D eigenvalue weighted by atomic mass is 15.3. The molecule has 0 unspecified atom stereocenters. The summed E-state index contributed by atoms with van der Waals surface area (Å²) in [6, 6.07) is 0. The third-order valence-electron chi connectivity index (χ3n) is 1.72. The summed E-state index contributed by atoms with van der Waals surface area (Å²) in [6.07, 6.45) is 4.69. The van der Waals surface area contributed by atoms with Gasteiger partial charge in [-0.05, 0) is 6.92 Å². The van der Waals surface area contributed by atoms with Gasteiger partial charge in [0, 0.05) is 26.5 Å². The van der Waals surface area contributed by atoms with Gasteiger partial charge in [-0.3, -0.25) is 0 Å². The maximum atomic E-state index is 2.17. The lowest BCUT2D eigenvalue weighted by molar-refractivity contribution is 0.226. The van der Waals surface area contributed by atoms with Gasteiger partial charge in [0.25, 0.3) is 0 Å². The molecule has 1 aliphatic heterocycles. The van der Waals surface area contributed by atoms with Crippen LogP contribution in [0.25, 0.3) is 0 Å². The molecule has 0 saturated carbocycles. The third-order valence-corrected chi connectivity index (χ3v) is 1.72. The minimum absolute atomic E-state index is 0.537. The van der Waals surface area contributed by atoms with E-state index < -0.39 is 0 Å². The van der Waals surface area contributed by atoms with Gasteiger partial charge in [-0.25, -0.2) is 0 Å². The topological polar surface area (TPSA) is 6.48 Å². The van der Waals surface area contributed by atoms with Gasteiger partial charge in [-0.2, -0.15) is 0 Å². The van der Waals surface area contributed by atoms with Crippen molar-refractivity contribution in [2.24, 2.45) is 0 Å². The van der Waals surface area contributed by atoms with Crippen LogP contribution in [-0.4, -0.2) is 30.1 Å². The molecule has 0 aromatic carbocycles. The highest BCUT2D eigenvalue weighted by Crippen LogP contribution is 2.08. The van der Waals surface area contributed by atoms with E-state index in [1.165, 1.54) is 0 Å². The summed E-state index contributed by atoms with van der Waals surface area (Å²) in [7, 11) is 4.15. The first-order chi connectivity index (χ1) is 4.72. The summed E-state index contributed by atoms with van der Waals surface area (Å²) in [4.78, 5) is 4.33. The van der Waals surface area contributed by atoms with Crippen LogP contribution in [0.3, 0.4) is 0 Å². The molecule has 1 aliphatic rings. The summed E-state index contributed by atoms with van der Waals surface area (Å²) in [6.45, 7) is 6.17. The van der Waals surface area contributed by atoms with Gasteiger partial charge in [-0.1, -0.05) is 13.8 Å². The van der Waals surface area contributed by atoms with Crippen LogP contribution in [0.2, 0.25) is 0 Å². The van der Waals surface area contributed by atoms with Gasteiger partial charge in [0.1, 0.15) is 0 Å². The van der Waals surface area contributed by atoms with E-state index in [1.54, 1.807) is 0 Å². The van der Waals surface area contributed by atoms with E-state index in [2.05, 4.69) is 43.2 Å². The lowest BCUT2D eigenvalue weighted by Crippen LogP contribution is -2.30. The Morgan fingerprint density at radius 2 is 1.30 bits per heavy atom. The number of rotatable bonds is 0. The molecule has 2 heteroatoms. The van der Waals surface area contributed by atoms with E-state index in [1.807, 2.05) is 13.8 Å². The van der Waals surface area contributed by atoms with Crippen molar-refractivity contribution in [3.63, 3.8) is 0 Å². The lowest BCUT2D eigenvalue weighted by atomic mass is 10.5. The van der Waals surface area contributed by atoms with Gasteiger partial charge in [0.15, 0.2) is 0 Å². The Hall–Kier alpha value is -0.660. The third kappa shape index (κ3) is 1.94. The first kappa shape index (κ1) is 9.34. The zero-order valence-electron chi connectivity index (χ0n) is 7.63. The number of hydrogen-bond acceptors (Lipinski definition) is 2. The molecule has 0 N–H and O–H groups in total. The van der Waals surface area contributed by atoms with Crippen molar-refractivity contribution in [2.45, 2.75) is 26.9 Å². The molecule has 10 heavy (non-hydrogen) atoms. The fourth-order valence-corrected chi connectivity index (χ4v) is 0.747. The lowest BCUT2D eigenvalue weighted by Gasteiger charge is -2.22. The second-order valence-corrected chi connectivity index (χ2v) is 2.26. The molecule has 2 nitrogen and oxygen atoms in total. The summed E-state index contributed by atoms with van der Waals surface area (Å²) in [5.74, 6) is 0. The van der Waals surface area contributed by atoms with E-state index in [-0.39, 0.29) is 0 Å². The van der Waals surface area contributed by atoms with Crippen LogP contribution >= 0.6 is 0 Å². The van der Waals surface area contributed by atoms with Crippen molar-refractivity contribution in [2.75, 3.05) is 14.1 Å². The Labute approximate surface area is 64.1 Å². The van der Waals surface area contributed by atoms with Gasteiger partial charge < -0.3 is 9.80 Å². The minimum Gasteiger partial charge on any atom is -0.359 e. The highest BCUT2D eigenvalue weighted by Gasteiger charge is 2.12. The van der Waals surface area contributed by atoms with Crippen LogP contribution in [-0.2, 0) is 0 Å². The van der Waals surface area contributed by atoms with Crippen LogP contribution < -0.4 is 0 Å². The van der Waals surface area contributed by atoms with Gasteiger partial charge in [0.05, 0.1) is 6.17 Å². The SMILES string of the molecule is CC.CC1N(C)C=CN1C. The molecule has 0 aromatic heterocycles. The first-order valence-electron chi connectivity index (χ1n) is 3.84. The van der Waals surface area contributed by atoms with E-state index in [0.29, 0.717) is 6.17 Å². The predicted molar refractivity (Wildman–Crippen MR) is 45.5 cm³/mol. The maximum Gasteiger partial charge on any atom is 0.0971 e. The molecule has 0 bridgehead atoms. The van der Waals surface area contributed by atoms with E-state index in [4.69, 9.17) is 0 Å². The van der Waals surface area contributed by atoms with Gasteiger partial charge in [-0.15, -0.1) is 0 Å². The van der Waals surface area contributed by atoms with Crippen molar-refractivity contribution in [3.05, 3.63) is 12.4 Å². The minimum atomic E-state index is 0.537. The largest absolute Gasteiger partial charge is 0.359 e. The standard InChI is InChI=1S/C6H12N2.C2H6/c1-6-7(2)4-5-8(6)3;1-2/h4-6H,1-3H3;1-2H3. The summed E-state index contributed by atoms with van der Waals surface area (Å²) < 4.78 is 0.